The van der Waals surface area contributed by atoms with Gasteiger partial charge in [0.25, 0.3) is 11.6 Å². The van der Waals surface area contributed by atoms with Gasteiger partial charge in [-0.15, -0.1) is 0 Å². The zero-order valence-electron chi connectivity index (χ0n) is 17.8. The molecule has 0 atom stereocenters. The number of fused-ring (bicyclic) bond motifs is 1. The second-order valence-corrected chi connectivity index (χ2v) is 7.77. The summed E-state index contributed by atoms with van der Waals surface area (Å²) in [5.74, 6) is -0.342. The summed E-state index contributed by atoms with van der Waals surface area (Å²) in [5.41, 5.74) is 3.99. The van der Waals surface area contributed by atoms with Crippen molar-refractivity contribution in [3.63, 3.8) is 0 Å². The van der Waals surface area contributed by atoms with Gasteiger partial charge in [-0.1, -0.05) is 42.5 Å². The third-order valence-electron chi connectivity index (χ3n) is 5.57. The van der Waals surface area contributed by atoms with Crippen molar-refractivity contribution in [2.75, 3.05) is 10.6 Å². The van der Waals surface area contributed by atoms with Crippen LogP contribution in [0.15, 0.2) is 90.0 Å². The fourth-order valence-electron chi connectivity index (χ4n) is 3.91. The van der Waals surface area contributed by atoms with Gasteiger partial charge < -0.3 is 15.6 Å². The molecule has 0 fully saturated rings. The average Bonchev–Trinajstić information content (AvgIpc) is 3.40. The van der Waals surface area contributed by atoms with Gasteiger partial charge in [0.1, 0.15) is 0 Å². The molecule has 1 aliphatic rings. The van der Waals surface area contributed by atoms with Crippen molar-refractivity contribution in [1.82, 2.24) is 9.55 Å². The lowest BCUT2D eigenvalue weighted by Crippen LogP contribution is -2.16. The molecule has 2 heterocycles. The standard InChI is InChI=1S/C25H19N5O4/c31-24-22(20-14-19(30(33)34)10-11-21(20)28-24)23(17-4-2-1-3-5-17)27-18-8-6-16(7-9-18)15-29-13-12-26-25(29)32/h1-14,27H,15H2,(H,26,32)(H,28,31)/b23-22-. The number of amides is 1. The molecule has 1 amide bonds. The zero-order valence-corrected chi connectivity index (χ0v) is 17.8. The first-order valence-electron chi connectivity index (χ1n) is 10.5. The predicted molar refractivity (Wildman–Crippen MR) is 129 cm³/mol. The number of nitrogens with one attached hydrogen (secondary N) is 3. The van der Waals surface area contributed by atoms with E-state index in [-0.39, 0.29) is 17.3 Å². The normalized spacial score (nSPS) is 13.8. The number of hydrogen-bond donors (Lipinski definition) is 3. The molecular formula is C25H19N5O4. The van der Waals surface area contributed by atoms with E-state index in [2.05, 4.69) is 15.6 Å². The van der Waals surface area contributed by atoms with Crippen molar-refractivity contribution in [1.29, 1.82) is 0 Å². The quantitative estimate of drug-likeness (QED) is 0.231. The van der Waals surface area contributed by atoms with Crippen molar-refractivity contribution >= 4 is 34.2 Å². The molecule has 0 aliphatic carbocycles. The number of hydrogen-bond acceptors (Lipinski definition) is 5. The number of carbonyl (C=O) groups excluding carboxylic acids is 1. The number of rotatable bonds is 6. The molecule has 0 bridgehead atoms. The van der Waals surface area contributed by atoms with Gasteiger partial charge in [0, 0.05) is 41.5 Å². The highest BCUT2D eigenvalue weighted by Crippen LogP contribution is 2.39. The number of aromatic amines is 1. The first-order chi connectivity index (χ1) is 16.5. The molecule has 1 aliphatic heterocycles. The van der Waals surface area contributed by atoms with Crippen LogP contribution < -0.4 is 16.3 Å². The maximum absolute atomic E-state index is 13.0. The lowest BCUT2D eigenvalue weighted by atomic mass is 9.99. The Hall–Kier alpha value is -4.92. The molecule has 3 N–H and O–H groups in total. The Bertz CT molecular complexity index is 1480. The molecule has 168 valence electrons. The highest BCUT2D eigenvalue weighted by atomic mass is 16.6. The van der Waals surface area contributed by atoms with Crippen LogP contribution in [-0.2, 0) is 11.3 Å². The fraction of sp³-hybridized carbons (Fsp3) is 0.0400. The monoisotopic (exact) mass is 453 g/mol. The Balaban J connectivity index is 1.55. The maximum atomic E-state index is 13.0. The number of H-pyrrole nitrogens is 1. The minimum Gasteiger partial charge on any atom is -0.354 e. The molecule has 0 unspecified atom stereocenters. The van der Waals surface area contributed by atoms with Crippen LogP contribution in [0.2, 0.25) is 0 Å². The van der Waals surface area contributed by atoms with E-state index < -0.39 is 4.92 Å². The summed E-state index contributed by atoms with van der Waals surface area (Å²) in [4.78, 5) is 38.2. The van der Waals surface area contributed by atoms with Crippen molar-refractivity contribution in [2.45, 2.75) is 6.54 Å². The Morgan fingerprint density at radius 3 is 2.44 bits per heavy atom. The summed E-state index contributed by atoms with van der Waals surface area (Å²) in [6.07, 6.45) is 3.27. The van der Waals surface area contributed by atoms with Gasteiger partial charge >= 0.3 is 5.69 Å². The third kappa shape index (κ3) is 3.97. The first kappa shape index (κ1) is 21.0. The minimum atomic E-state index is -0.481. The van der Waals surface area contributed by atoms with Crippen LogP contribution in [-0.4, -0.2) is 20.4 Å². The van der Waals surface area contributed by atoms with Gasteiger partial charge in [0.15, 0.2) is 0 Å². The third-order valence-corrected chi connectivity index (χ3v) is 5.57. The summed E-state index contributed by atoms with van der Waals surface area (Å²) in [6.45, 7) is 0.425. The molecule has 0 spiro atoms. The molecule has 0 radical (unpaired) electrons. The lowest BCUT2D eigenvalue weighted by molar-refractivity contribution is -0.384. The van der Waals surface area contributed by atoms with Crippen LogP contribution in [0, 0.1) is 10.1 Å². The van der Waals surface area contributed by atoms with Crippen molar-refractivity contribution < 1.29 is 9.72 Å². The summed E-state index contributed by atoms with van der Waals surface area (Å²) in [6, 6.07) is 21.1. The summed E-state index contributed by atoms with van der Waals surface area (Å²) >= 11 is 0. The van der Waals surface area contributed by atoms with Gasteiger partial charge in [-0.25, -0.2) is 4.79 Å². The van der Waals surface area contributed by atoms with Crippen LogP contribution >= 0.6 is 0 Å². The largest absolute Gasteiger partial charge is 0.354 e. The second-order valence-electron chi connectivity index (χ2n) is 7.77. The molecule has 34 heavy (non-hydrogen) atoms. The highest BCUT2D eigenvalue weighted by molar-refractivity contribution is 6.37. The van der Waals surface area contributed by atoms with Crippen LogP contribution in [0.1, 0.15) is 16.7 Å². The van der Waals surface area contributed by atoms with Crippen molar-refractivity contribution in [2.24, 2.45) is 0 Å². The van der Waals surface area contributed by atoms with Crippen molar-refractivity contribution in [3.8, 4) is 0 Å². The number of non-ortho nitro benzene ring substituents is 1. The number of benzene rings is 3. The lowest BCUT2D eigenvalue weighted by Gasteiger charge is -2.15. The van der Waals surface area contributed by atoms with E-state index >= 15 is 0 Å². The molecule has 0 saturated heterocycles. The first-order valence-corrected chi connectivity index (χ1v) is 10.5. The number of nitro groups is 1. The molecule has 9 heteroatoms. The molecule has 0 saturated carbocycles. The van der Waals surface area contributed by atoms with E-state index in [0.717, 1.165) is 16.8 Å². The highest BCUT2D eigenvalue weighted by Gasteiger charge is 2.30. The molecular weight excluding hydrogens is 434 g/mol. The van der Waals surface area contributed by atoms with Gasteiger partial charge in [0.05, 0.1) is 22.7 Å². The van der Waals surface area contributed by atoms with Crippen LogP contribution in [0.4, 0.5) is 17.1 Å². The fourth-order valence-corrected chi connectivity index (χ4v) is 3.91. The van der Waals surface area contributed by atoms with Crippen molar-refractivity contribution in [3.05, 3.63) is 122 Å². The summed E-state index contributed by atoms with van der Waals surface area (Å²) < 4.78 is 1.56. The smallest absolute Gasteiger partial charge is 0.325 e. The number of aromatic nitrogens is 2. The number of anilines is 2. The molecule has 9 nitrogen and oxygen atoms in total. The Morgan fingerprint density at radius 1 is 1.00 bits per heavy atom. The van der Waals surface area contributed by atoms with E-state index in [0.29, 0.717) is 29.1 Å². The SMILES string of the molecule is O=C1Nc2ccc([N+](=O)[O-])cc2/C1=C(/Nc1ccc(Cn2cc[nH]c2=O)cc1)c1ccccc1. The Kier molecular flexibility index (Phi) is 5.27. The number of nitro benzene ring substituents is 1. The zero-order chi connectivity index (χ0) is 23.7. The van der Waals surface area contributed by atoms with Gasteiger partial charge in [-0.05, 0) is 29.3 Å². The van der Waals surface area contributed by atoms with Gasteiger partial charge in [-0.3, -0.25) is 19.5 Å². The van der Waals surface area contributed by atoms with Gasteiger partial charge in [-0.2, -0.15) is 0 Å². The van der Waals surface area contributed by atoms with E-state index in [4.69, 9.17) is 0 Å². The van der Waals surface area contributed by atoms with Crippen LogP contribution in [0.3, 0.4) is 0 Å². The predicted octanol–water partition coefficient (Wildman–Crippen LogP) is 4.07. The van der Waals surface area contributed by atoms with E-state index in [1.54, 1.807) is 23.0 Å². The molecule has 1 aromatic heterocycles. The van der Waals surface area contributed by atoms with E-state index in [1.165, 1.54) is 12.1 Å². The van der Waals surface area contributed by atoms with Crippen LogP contribution in [0.25, 0.3) is 11.3 Å². The molecule has 4 aromatic rings. The Labute approximate surface area is 193 Å². The molecule has 5 rings (SSSR count). The topological polar surface area (TPSA) is 122 Å². The van der Waals surface area contributed by atoms with E-state index in [9.17, 15) is 19.7 Å². The average molecular weight is 453 g/mol. The summed E-state index contributed by atoms with van der Waals surface area (Å²) in [5, 5.41) is 17.5. The number of nitrogens with zero attached hydrogens (tertiary/aromatic N) is 2. The van der Waals surface area contributed by atoms with E-state index in [1.807, 2.05) is 54.6 Å². The maximum Gasteiger partial charge on any atom is 0.325 e. The molecule has 3 aromatic carbocycles. The second kappa shape index (κ2) is 8.55. The Morgan fingerprint density at radius 2 is 1.76 bits per heavy atom. The minimum absolute atomic E-state index is 0.0930. The summed E-state index contributed by atoms with van der Waals surface area (Å²) in [7, 11) is 0. The number of imidazole rings is 1. The number of carbonyl (C=O) groups is 1. The van der Waals surface area contributed by atoms with Crippen LogP contribution in [0.5, 0.6) is 0 Å². The van der Waals surface area contributed by atoms with Gasteiger partial charge in [0.2, 0.25) is 0 Å².